The van der Waals surface area contributed by atoms with Gasteiger partial charge in [-0.15, -0.1) is 0 Å². The Morgan fingerprint density at radius 2 is 1.59 bits per heavy atom. The van der Waals surface area contributed by atoms with Crippen molar-refractivity contribution >= 4 is 17.6 Å². The lowest BCUT2D eigenvalue weighted by atomic mass is 9.65. The van der Waals surface area contributed by atoms with Gasteiger partial charge in [0.1, 0.15) is 0 Å². The number of carbonyl (C=O) groups is 2. The summed E-state index contributed by atoms with van der Waals surface area (Å²) >= 11 is 0. The topological polar surface area (TPSA) is 108 Å². The Labute approximate surface area is 262 Å². The van der Waals surface area contributed by atoms with Crippen molar-refractivity contribution < 1.29 is 29.3 Å². The Morgan fingerprint density at radius 1 is 0.909 bits per heavy atom. The Kier molecular flexibility index (Phi) is 10.5. The standard InChI is InChI=1S/C36H50N2O6/c1-35(2)19-29-20-36(3,23-35)24-38(29)21-30-18-31(26-12-10-25(22-39)11-13-26)44-34(43-30)27-14-16-28(17-15-27)37-32(40)8-6-4-5-7-9-33(41)42/h10-17,29-31,34,39H,4-9,18-24H2,1-3H3,(H,37,40)(H,41,42)/t29?,30-,31+,34+,36?/m1/s1. The van der Waals surface area contributed by atoms with Gasteiger partial charge in [-0.05, 0) is 66.2 Å². The van der Waals surface area contributed by atoms with Crippen LogP contribution in [0.4, 0.5) is 5.69 Å². The summed E-state index contributed by atoms with van der Waals surface area (Å²) in [5.41, 5.74) is 4.33. The number of likely N-dealkylation sites (tertiary alicyclic amines) is 1. The summed E-state index contributed by atoms with van der Waals surface area (Å²) in [6.45, 7) is 9.27. The first kappa shape index (κ1) is 32.6. The molecule has 2 aromatic rings. The summed E-state index contributed by atoms with van der Waals surface area (Å²) in [6.07, 6.45) is 7.51. The Bertz CT molecular complexity index is 1260. The number of carboxylic acids is 1. The maximum Gasteiger partial charge on any atom is 0.303 e. The maximum atomic E-state index is 12.5. The van der Waals surface area contributed by atoms with E-state index in [1.165, 1.54) is 19.3 Å². The molecule has 0 radical (unpaired) electrons. The zero-order valence-corrected chi connectivity index (χ0v) is 26.6. The highest BCUT2D eigenvalue weighted by atomic mass is 16.7. The number of carbonyl (C=O) groups excluding carboxylic acids is 1. The molecule has 3 aliphatic rings. The van der Waals surface area contributed by atoms with Gasteiger partial charge in [-0.1, -0.05) is 70.0 Å². The Hall–Kier alpha value is -2.78. The number of anilines is 1. The van der Waals surface area contributed by atoms with Gasteiger partial charge in [0.2, 0.25) is 5.91 Å². The number of ether oxygens (including phenoxy) is 2. The zero-order valence-electron chi connectivity index (χ0n) is 26.6. The number of nitrogens with zero attached hydrogens (tertiary/aromatic N) is 1. The van der Waals surface area contributed by atoms with Crippen LogP contribution in [0.5, 0.6) is 0 Å². The fourth-order valence-electron chi connectivity index (χ4n) is 7.95. The van der Waals surface area contributed by atoms with Crippen LogP contribution in [0.1, 0.15) is 114 Å². The molecule has 2 aliphatic heterocycles. The molecular formula is C36H50N2O6. The molecule has 44 heavy (non-hydrogen) atoms. The van der Waals surface area contributed by atoms with Gasteiger partial charge in [-0.2, -0.15) is 0 Å². The van der Waals surface area contributed by atoms with Crippen molar-refractivity contribution in [3.63, 3.8) is 0 Å². The molecule has 2 bridgehead atoms. The molecule has 2 heterocycles. The molecule has 1 aliphatic carbocycles. The van der Waals surface area contributed by atoms with E-state index in [-0.39, 0.29) is 31.1 Å². The van der Waals surface area contributed by atoms with Gasteiger partial charge in [0.15, 0.2) is 6.29 Å². The number of hydrogen-bond donors (Lipinski definition) is 3. The number of carboxylic acid groups (broad SMARTS) is 1. The van der Waals surface area contributed by atoms with E-state index in [1.54, 1.807) is 0 Å². The monoisotopic (exact) mass is 606 g/mol. The summed E-state index contributed by atoms with van der Waals surface area (Å²) in [7, 11) is 0. The second kappa shape index (κ2) is 14.1. The van der Waals surface area contributed by atoms with Crippen LogP contribution in [0.3, 0.4) is 0 Å². The van der Waals surface area contributed by atoms with Crippen molar-refractivity contribution in [3.8, 4) is 0 Å². The van der Waals surface area contributed by atoms with Crippen LogP contribution in [0.15, 0.2) is 48.5 Å². The van der Waals surface area contributed by atoms with Crippen molar-refractivity contribution in [3.05, 3.63) is 65.2 Å². The van der Waals surface area contributed by atoms with E-state index in [2.05, 4.69) is 31.0 Å². The number of hydrogen-bond acceptors (Lipinski definition) is 6. The minimum absolute atomic E-state index is 0.0113. The summed E-state index contributed by atoms with van der Waals surface area (Å²) in [6, 6.07) is 16.3. The summed E-state index contributed by atoms with van der Waals surface area (Å²) in [4.78, 5) is 25.8. The summed E-state index contributed by atoms with van der Waals surface area (Å²) in [5.74, 6) is -0.814. The van der Waals surface area contributed by atoms with Crippen LogP contribution < -0.4 is 5.32 Å². The van der Waals surface area contributed by atoms with Crippen LogP contribution in [0.25, 0.3) is 0 Å². The molecule has 2 unspecified atom stereocenters. The van der Waals surface area contributed by atoms with E-state index in [0.717, 1.165) is 61.2 Å². The van der Waals surface area contributed by atoms with E-state index in [0.29, 0.717) is 29.7 Å². The first-order chi connectivity index (χ1) is 21.0. The molecule has 0 spiro atoms. The lowest BCUT2D eigenvalue weighted by Crippen LogP contribution is -2.42. The lowest BCUT2D eigenvalue weighted by Gasteiger charge is -2.41. The van der Waals surface area contributed by atoms with Gasteiger partial charge in [0.25, 0.3) is 0 Å². The van der Waals surface area contributed by atoms with Crippen molar-refractivity contribution in [2.24, 2.45) is 10.8 Å². The number of fused-ring (bicyclic) bond motifs is 2. The number of aliphatic hydroxyl groups is 1. The minimum Gasteiger partial charge on any atom is -0.481 e. The lowest BCUT2D eigenvalue weighted by molar-refractivity contribution is -0.253. The van der Waals surface area contributed by atoms with Crippen molar-refractivity contribution in [1.82, 2.24) is 4.90 Å². The molecule has 1 saturated carbocycles. The van der Waals surface area contributed by atoms with E-state index in [4.69, 9.17) is 14.6 Å². The van der Waals surface area contributed by atoms with Gasteiger partial charge < -0.3 is 25.0 Å². The third kappa shape index (κ3) is 8.68. The van der Waals surface area contributed by atoms with Crippen molar-refractivity contribution in [1.29, 1.82) is 0 Å². The second-order valence-electron chi connectivity index (χ2n) is 14.5. The van der Waals surface area contributed by atoms with Gasteiger partial charge in [-0.25, -0.2) is 0 Å². The molecule has 8 heteroatoms. The van der Waals surface area contributed by atoms with Gasteiger partial charge in [0, 0.05) is 49.6 Å². The molecule has 8 nitrogen and oxygen atoms in total. The van der Waals surface area contributed by atoms with E-state index >= 15 is 0 Å². The van der Waals surface area contributed by atoms with Gasteiger partial charge >= 0.3 is 5.97 Å². The molecule has 1 amide bonds. The normalized spacial score (nSPS) is 28.1. The SMILES string of the molecule is CC1(C)CC2CC(C)(CN2C[C@H]2C[C@@H](c3ccc(CO)cc3)O[C@@H](c3ccc(NC(=O)CCCCCCC(=O)O)cc3)O2)C1. The Balaban J connectivity index is 1.22. The van der Waals surface area contributed by atoms with Crippen LogP contribution >= 0.6 is 0 Å². The quantitative estimate of drug-likeness (QED) is 0.211. The largest absolute Gasteiger partial charge is 0.481 e. The van der Waals surface area contributed by atoms with Gasteiger partial charge in [-0.3, -0.25) is 14.5 Å². The fourth-order valence-corrected chi connectivity index (χ4v) is 7.95. The number of aliphatic hydroxyl groups excluding tert-OH is 1. The highest BCUT2D eigenvalue weighted by molar-refractivity contribution is 5.90. The predicted molar refractivity (Wildman–Crippen MR) is 170 cm³/mol. The molecule has 3 fully saturated rings. The third-order valence-corrected chi connectivity index (χ3v) is 9.59. The molecule has 5 atom stereocenters. The minimum atomic E-state index is -0.773. The highest BCUT2D eigenvalue weighted by Crippen LogP contribution is 2.53. The second-order valence-corrected chi connectivity index (χ2v) is 14.5. The smallest absolute Gasteiger partial charge is 0.303 e. The van der Waals surface area contributed by atoms with Crippen LogP contribution in [0.2, 0.25) is 0 Å². The molecule has 5 rings (SSSR count). The fraction of sp³-hybridized carbons (Fsp3) is 0.611. The maximum absolute atomic E-state index is 12.5. The van der Waals surface area contributed by atoms with E-state index < -0.39 is 12.3 Å². The Morgan fingerprint density at radius 3 is 2.27 bits per heavy atom. The number of unbranched alkanes of at least 4 members (excludes halogenated alkanes) is 3. The summed E-state index contributed by atoms with van der Waals surface area (Å²) in [5, 5.41) is 21.2. The number of nitrogens with one attached hydrogen (secondary N) is 1. The molecule has 3 N–H and O–H groups in total. The van der Waals surface area contributed by atoms with Crippen LogP contribution in [0, 0.1) is 10.8 Å². The van der Waals surface area contributed by atoms with Crippen LogP contribution in [-0.2, 0) is 25.7 Å². The van der Waals surface area contributed by atoms with Crippen molar-refractivity contribution in [2.75, 3.05) is 18.4 Å². The summed E-state index contributed by atoms with van der Waals surface area (Å²) < 4.78 is 13.2. The highest BCUT2D eigenvalue weighted by Gasteiger charge is 2.50. The number of aliphatic carboxylic acids is 1. The van der Waals surface area contributed by atoms with E-state index in [1.807, 2.05) is 48.5 Å². The average Bonchev–Trinajstić information content (AvgIpc) is 3.21. The number of rotatable bonds is 13. The molecule has 2 saturated heterocycles. The van der Waals surface area contributed by atoms with Crippen molar-refractivity contribution in [2.45, 2.75) is 116 Å². The zero-order chi connectivity index (χ0) is 31.3. The molecule has 240 valence electrons. The molecular weight excluding hydrogens is 556 g/mol. The molecule has 2 aromatic carbocycles. The van der Waals surface area contributed by atoms with E-state index in [9.17, 15) is 14.7 Å². The predicted octanol–water partition coefficient (Wildman–Crippen LogP) is 6.99. The number of benzene rings is 2. The third-order valence-electron chi connectivity index (χ3n) is 9.59. The van der Waals surface area contributed by atoms with Crippen LogP contribution in [-0.4, -0.2) is 52.2 Å². The number of amides is 1. The molecule has 0 aromatic heterocycles. The van der Waals surface area contributed by atoms with Gasteiger partial charge in [0.05, 0.1) is 18.8 Å². The first-order valence-corrected chi connectivity index (χ1v) is 16.4. The average molecular weight is 607 g/mol. The first-order valence-electron chi connectivity index (χ1n) is 16.4.